The van der Waals surface area contributed by atoms with Gasteiger partial charge in [-0.3, -0.25) is 4.79 Å². The van der Waals surface area contributed by atoms with Gasteiger partial charge in [-0.1, -0.05) is 24.3 Å². The Bertz CT molecular complexity index is 1450. The van der Waals surface area contributed by atoms with Crippen molar-refractivity contribution in [2.75, 3.05) is 14.2 Å². The normalized spacial score (nSPS) is 11.5. The van der Waals surface area contributed by atoms with Crippen molar-refractivity contribution in [2.24, 2.45) is 0 Å². The second-order valence-electron chi connectivity index (χ2n) is 7.44. The van der Waals surface area contributed by atoms with Crippen molar-refractivity contribution in [3.05, 3.63) is 94.3 Å². The molecule has 0 spiro atoms. The second kappa shape index (κ2) is 8.51. The summed E-state index contributed by atoms with van der Waals surface area (Å²) in [5, 5.41) is 0.285. The molecule has 0 aliphatic rings. The van der Waals surface area contributed by atoms with E-state index in [1.54, 1.807) is 34.9 Å². The van der Waals surface area contributed by atoms with Crippen LogP contribution in [0.4, 0.5) is 0 Å². The molecule has 0 N–H and O–H groups in total. The molecule has 4 aromatic rings. The average Bonchev–Trinajstić information content (AvgIpc) is 2.81. The predicted molar refractivity (Wildman–Crippen MR) is 123 cm³/mol. The maximum Gasteiger partial charge on any atom is 0.211 e. The fourth-order valence-corrected chi connectivity index (χ4v) is 5.02. The Morgan fingerprint density at radius 2 is 1.53 bits per heavy atom. The molecular formula is C25H23NO5S. The molecule has 1 heterocycles. The number of rotatable bonds is 6. The molecule has 0 aliphatic heterocycles. The van der Waals surface area contributed by atoms with Crippen LogP contribution in [0.5, 0.6) is 11.5 Å². The molecule has 0 saturated heterocycles. The average molecular weight is 450 g/mol. The third kappa shape index (κ3) is 3.87. The highest BCUT2D eigenvalue weighted by molar-refractivity contribution is 7.91. The molecular weight excluding hydrogens is 426 g/mol. The molecule has 0 aliphatic carbocycles. The molecule has 0 unspecified atom stereocenters. The highest BCUT2D eigenvalue weighted by atomic mass is 32.2. The lowest BCUT2D eigenvalue weighted by Gasteiger charge is -2.16. The first kappa shape index (κ1) is 21.6. The van der Waals surface area contributed by atoms with Crippen molar-refractivity contribution in [1.29, 1.82) is 0 Å². The van der Waals surface area contributed by atoms with Gasteiger partial charge in [0.15, 0.2) is 0 Å². The highest BCUT2D eigenvalue weighted by Crippen LogP contribution is 2.26. The lowest BCUT2D eigenvalue weighted by molar-refractivity contribution is 0.414. The van der Waals surface area contributed by atoms with E-state index in [4.69, 9.17) is 9.47 Å². The van der Waals surface area contributed by atoms with Gasteiger partial charge in [-0.05, 0) is 60.5 Å². The topological polar surface area (TPSA) is 74.6 Å². The van der Waals surface area contributed by atoms with Crippen LogP contribution in [-0.4, -0.2) is 27.2 Å². The number of pyridine rings is 1. The second-order valence-corrected chi connectivity index (χ2v) is 9.36. The van der Waals surface area contributed by atoms with Crippen molar-refractivity contribution < 1.29 is 17.9 Å². The third-order valence-corrected chi connectivity index (χ3v) is 7.28. The van der Waals surface area contributed by atoms with Crippen LogP contribution in [0.1, 0.15) is 11.1 Å². The van der Waals surface area contributed by atoms with E-state index in [0.717, 1.165) is 11.1 Å². The monoisotopic (exact) mass is 449 g/mol. The zero-order chi connectivity index (χ0) is 22.9. The summed E-state index contributed by atoms with van der Waals surface area (Å²) in [6, 6.07) is 19.0. The fourth-order valence-electron chi connectivity index (χ4n) is 3.65. The largest absolute Gasteiger partial charge is 0.497 e. The summed E-state index contributed by atoms with van der Waals surface area (Å²) in [7, 11) is -1.05. The first-order chi connectivity index (χ1) is 15.3. The van der Waals surface area contributed by atoms with Crippen molar-refractivity contribution in [3.63, 3.8) is 0 Å². The Hall–Kier alpha value is -3.58. The van der Waals surface area contributed by atoms with Crippen LogP contribution in [0.3, 0.4) is 0 Å². The van der Waals surface area contributed by atoms with E-state index in [1.165, 1.54) is 32.5 Å². The summed E-state index contributed by atoms with van der Waals surface area (Å²) in [5.41, 5.74) is 2.18. The molecule has 4 rings (SSSR count). The van der Waals surface area contributed by atoms with E-state index >= 15 is 0 Å². The summed E-state index contributed by atoms with van der Waals surface area (Å²) in [6.45, 7) is 2.42. The van der Waals surface area contributed by atoms with Crippen LogP contribution in [0, 0.1) is 6.92 Å². The number of sulfone groups is 1. The Labute approximate surface area is 186 Å². The first-order valence-electron chi connectivity index (χ1n) is 10.00. The smallest absolute Gasteiger partial charge is 0.211 e. The maximum absolute atomic E-state index is 13.4. The van der Waals surface area contributed by atoms with E-state index in [-0.39, 0.29) is 15.2 Å². The molecule has 164 valence electrons. The Morgan fingerprint density at radius 1 is 0.875 bits per heavy atom. The Morgan fingerprint density at radius 3 is 2.19 bits per heavy atom. The Kier molecular flexibility index (Phi) is 5.76. The molecule has 0 bridgehead atoms. The molecule has 0 atom stereocenters. The minimum Gasteiger partial charge on any atom is -0.497 e. The number of aryl methyl sites for hydroxylation is 1. The molecule has 0 amide bonds. The zero-order valence-electron chi connectivity index (χ0n) is 18.0. The van der Waals surface area contributed by atoms with E-state index in [2.05, 4.69) is 0 Å². The van der Waals surface area contributed by atoms with Gasteiger partial charge in [0.25, 0.3) is 0 Å². The lowest BCUT2D eigenvalue weighted by Crippen LogP contribution is -2.20. The SMILES string of the molecule is COc1ccc(S(=O)(=O)c2cn(Cc3ccccc3C)c3ccc(OC)cc3c2=O)cc1. The van der Waals surface area contributed by atoms with Crippen LogP contribution in [0.2, 0.25) is 0 Å². The molecule has 32 heavy (non-hydrogen) atoms. The molecule has 7 heteroatoms. The van der Waals surface area contributed by atoms with Crippen LogP contribution in [0.15, 0.2) is 87.5 Å². The number of nitrogens with zero attached hydrogens (tertiary/aromatic N) is 1. The molecule has 1 aromatic heterocycles. The van der Waals surface area contributed by atoms with Gasteiger partial charge in [0.05, 0.1) is 30.0 Å². The standard InChI is InChI=1S/C25H23NO5S/c1-17-6-4-5-7-18(17)15-26-16-24(25(27)22-14-20(31-3)10-13-23(22)26)32(28,29)21-11-8-19(30-2)9-12-21/h4-14,16H,15H2,1-3H3. The van der Waals surface area contributed by atoms with Gasteiger partial charge < -0.3 is 14.0 Å². The van der Waals surface area contributed by atoms with Gasteiger partial charge in [-0.25, -0.2) is 8.42 Å². The van der Waals surface area contributed by atoms with Crippen molar-refractivity contribution in [3.8, 4) is 11.5 Å². The quantitative estimate of drug-likeness (QED) is 0.441. The number of fused-ring (bicyclic) bond motifs is 1. The molecule has 3 aromatic carbocycles. The fraction of sp³-hybridized carbons (Fsp3) is 0.160. The number of ether oxygens (including phenoxy) is 2. The van der Waals surface area contributed by atoms with Gasteiger partial charge in [-0.15, -0.1) is 0 Å². The van der Waals surface area contributed by atoms with E-state index < -0.39 is 15.3 Å². The minimum atomic E-state index is -4.06. The summed E-state index contributed by atoms with van der Waals surface area (Å²) >= 11 is 0. The molecule has 0 fully saturated rings. The van der Waals surface area contributed by atoms with Gasteiger partial charge in [-0.2, -0.15) is 0 Å². The number of methoxy groups -OCH3 is 2. The van der Waals surface area contributed by atoms with E-state index in [0.29, 0.717) is 23.6 Å². The highest BCUT2D eigenvalue weighted by Gasteiger charge is 2.24. The van der Waals surface area contributed by atoms with E-state index in [9.17, 15) is 13.2 Å². The van der Waals surface area contributed by atoms with Crippen molar-refractivity contribution in [2.45, 2.75) is 23.3 Å². The first-order valence-corrected chi connectivity index (χ1v) is 11.5. The summed E-state index contributed by atoms with van der Waals surface area (Å²) < 4.78 is 39.1. The number of hydrogen-bond acceptors (Lipinski definition) is 5. The minimum absolute atomic E-state index is 0.0279. The number of hydrogen-bond donors (Lipinski definition) is 0. The van der Waals surface area contributed by atoms with Gasteiger partial charge in [0, 0.05) is 12.7 Å². The Balaban J connectivity index is 1.97. The third-order valence-electron chi connectivity index (χ3n) is 5.52. The van der Waals surface area contributed by atoms with Gasteiger partial charge >= 0.3 is 0 Å². The van der Waals surface area contributed by atoms with Crippen molar-refractivity contribution in [1.82, 2.24) is 4.57 Å². The molecule has 6 nitrogen and oxygen atoms in total. The van der Waals surface area contributed by atoms with Crippen LogP contribution < -0.4 is 14.9 Å². The van der Waals surface area contributed by atoms with E-state index in [1.807, 2.05) is 31.2 Å². The van der Waals surface area contributed by atoms with Crippen LogP contribution in [-0.2, 0) is 16.4 Å². The van der Waals surface area contributed by atoms with Gasteiger partial charge in [0.1, 0.15) is 16.4 Å². The maximum atomic E-state index is 13.4. The molecule has 0 radical (unpaired) electrons. The predicted octanol–water partition coefficient (Wildman–Crippen LogP) is 4.21. The van der Waals surface area contributed by atoms with Crippen LogP contribution in [0.25, 0.3) is 10.9 Å². The lowest BCUT2D eigenvalue weighted by atomic mass is 10.1. The summed E-state index contributed by atoms with van der Waals surface area (Å²) in [6.07, 6.45) is 1.43. The summed E-state index contributed by atoms with van der Waals surface area (Å²) in [5.74, 6) is 1.01. The zero-order valence-corrected chi connectivity index (χ0v) is 18.8. The van der Waals surface area contributed by atoms with Crippen LogP contribution >= 0.6 is 0 Å². The van der Waals surface area contributed by atoms with Gasteiger partial charge in [0.2, 0.25) is 15.3 Å². The number of benzene rings is 3. The summed E-state index contributed by atoms with van der Waals surface area (Å²) in [4.78, 5) is 13.1. The molecule has 0 saturated carbocycles. The van der Waals surface area contributed by atoms with Crippen molar-refractivity contribution >= 4 is 20.7 Å². The number of aromatic nitrogens is 1.